The van der Waals surface area contributed by atoms with Gasteiger partial charge in [-0.25, -0.2) is 0 Å². The molecule has 0 aromatic heterocycles. The van der Waals surface area contributed by atoms with Crippen LogP contribution in [0.25, 0.3) is 0 Å². The van der Waals surface area contributed by atoms with Gasteiger partial charge in [0.25, 0.3) is 0 Å². The third kappa shape index (κ3) is 47.8. The molecule has 0 aromatic carbocycles. The van der Waals surface area contributed by atoms with E-state index >= 15 is 0 Å². The third-order valence-electron chi connectivity index (χ3n) is 12.7. The number of unbranched alkanes of at least 4 members (excludes halogenated alkanes) is 38. The summed E-state index contributed by atoms with van der Waals surface area (Å²) in [6.45, 7) is 4.88. The van der Waals surface area contributed by atoms with Gasteiger partial charge >= 0.3 is 5.97 Å². The van der Waals surface area contributed by atoms with E-state index in [4.69, 9.17) is 4.74 Å². The normalized spacial score (nSPS) is 12.8. The number of carbonyl (C=O) groups excluding carboxylic acids is 2. The van der Waals surface area contributed by atoms with Crippen molar-refractivity contribution in [3.05, 3.63) is 24.3 Å². The number of aliphatic hydroxyl groups excluding tert-OH is 2. The second kappa shape index (κ2) is 52.0. The van der Waals surface area contributed by atoms with Gasteiger partial charge in [-0.3, -0.25) is 9.59 Å². The van der Waals surface area contributed by atoms with E-state index in [-0.39, 0.29) is 18.5 Å². The molecule has 0 fully saturated rings. The standard InChI is InChI=1S/C56H107NO5/c1-3-5-7-9-11-13-15-16-17-23-26-30-34-38-42-46-50-56(61)62-51-47-43-39-35-31-27-24-21-19-18-20-22-25-29-33-37-41-45-49-55(60)57-53(52-58)54(59)48-44-40-36-32-28-14-12-10-8-6-4-2/h20,22,44,48,53-54,58-59H,3-19,21,23-43,45-47,49-52H2,1-2H3,(H,57,60)/b22-20-,48-44+. The Morgan fingerprint density at radius 1 is 0.435 bits per heavy atom. The fraction of sp³-hybridized carbons (Fsp3) is 0.893. The Labute approximate surface area is 386 Å². The molecule has 3 N–H and O–H groups in total. The topological polar surface area (TPSA) is 95.9 Å². The third-order valence-corrected chi connectivity index (χ3v) is 12.7. The molecule has 0 radical (unpaired) electrons. The average Bonchev–Trinajstić information content (AvgIpc) is 3.27. The summed E-state index contributed by atoms with van der Waals surface area (Å²) in [5, 5.41) is 23.0. The Morgan fingerprint density at radius 3 is 1.15 bits per heavy atom. The van der Waals surface area contributed by atoms with E-state index in [1.54, 1.807) is 6.08 Å². The number of nitrogens with one attached hydrogen (secondary N) is 1. The smallest absolute Gasteiger partial charge is 0.305 e. The first-order chi connectivity index (χ1) is 30.5. The van der Waals surface area contributed by atoms with Crippen LogP contribution in [0.4, 0.5) is 0 Å². The fourth-order valence-electron chi connectivity index (χ4n) is 8.45. The van der Waals surface area contributed by atoms with Crippen LogP contribution in [0, 0.1) is 0 Å². The second-order valence-corrected chi connectivity index (χ2v) is 18.9. The lowest BCUT2D eigenvalue weighted by Crippen LogP contribution is -2.45. The maximum atomic E-state index is 12.4. The maximum Gasteiger partial charge on any atom is 0.305 e. The van der Waals surface area contributed by atoms with Crippen LogP contribution < -0.4 is 5.32 Å². The van der Waals surface area contributed by atoms with E-state index in [9.17, 15) is 19.8 Å². The minimum Gasteiger partial charge on any atom is -0.466 e. The van der Waals surface area contributed by atoms with Crippen LogP contribution in [-0.2, 0) is 14.3 Å². The molecule has 1 amide bonds. The Bertz CT molecular complexity index is 966. The highest BCUT2D eigenvalue weighted by Crippen LogP contribution is 2.16. The van der Waals surface area contributed by atoms with Gasteiger partial charge in [-0.05, 0) is 57.8 Å². The van der Waals surface area contributed by atoms with Gasteiger partial charge in [0.15, 0.2) is 0 Å². The number of esters is 1. The first kappa shape index (κ1) is 60.3. The van der Waals surface area contributed by atoms with Crippen molar-refractivity contribution < 1.29 is 24.5 Å². The Kier molecular flexibility index (Phi) is 50.6. The molecule has 0 saturated carbocycles. The maximum absolute atomic E-state index is 12.4. The fourth-order valence-corrected chi connectivity index (χ4v) is 8.45. The van der Waals surface area contributed by atoms with Gasteiger partial charge in [-0.15, -0.1) is 0 Å². The second-order valence-electron chi connectivity index (χ2n) is 18.9. The summed E-state index contributed by atoms with van der Waals surface area (Å²) in [5.74, 6) is -0.0780. The average molecular weight is 874 g/mol. The molecule has 0 aliphatic rings. The minimum absolute atomic E-state index is 0.00530. The molecule has 0 saturated heterocycles. The molecule has 0 aliphatic heterocycles. The van der Waals surface area contributed by atoms with E-state index in [1.165, 1.54) is 212 Å². The van der Waals surface area contributed by atoms with Gasteiger partial charge in [-0.2, -0.15) is 0 Å². The highest BCUT2D eigenvalue weighted by molar-refractivity contribution is 5.76. The molecule has 366 valence electrons. The summed E-state index contributed by atoms with van der Waals surface area (Å²) in [4.78, 5) is 24.4. The minimum atomic E-state index is -0.851. The summed E-state index contributed by atoms with van der Waals surface area (Å²) in [6, 6.07) is -0.636. The lowest BCUT2D eigenvalue weighted by molar-refractivity contribution is -0.143. The molecule has 0 spiro atoms. The summed E-state index contributed by atoms with van der Waals surface area (Å²) in [7, 11) is 0. The van der Waals surface area contributed by atoms with Crippen LogP contribution in [0.15, 0.2) is 24.3 Å². The summed E-state index contributed by atoms with van der Waals surface area (Å²) in [6.07, 6.45) is 61.9. The van der Waals surface area contributed by atoms with Crippen LogP contribution in [0.2, 0.25) is 0 Å². The van der Waals surface area contributed by atoms with E-state index in [1.807, 2.05) is 6.08 Å². The Balaban J connectivity index is 3.44. The molecular formula is C56H107NO5. The van der Waals surface area contributed by atoms with Crippen LogP contribution in [-0.4, -0.2) is 47.4 Å². The van der Waals surface area contributed by atoms with Gasteiger partial charge in [0.05, 0.1) is 25.4 Å². The van der Waals surface area contributed by atoms with Crippen LogP contribution in [0.3, 0.4) is 0 Å². The molecule has 62 heavy (non-hydrogen) atoms. The number of hydrogen-bond acceptors (Lipinski definition) is 5. The highest BCUT2D eigenvalue weighted by Gasteiger charge is 2.18. The van der Waals surface area contributed by atoms with Crippen LogP contribution >= 0.6 is 0 Å². The molecule has 0 heterocycles. The van der Waals surface area contributed by atoms with Gasteiger partial charge < -0.3 is 20.3 Å². The predicted molar refractivity (Wildman–Crippen MR) is 269 cm³/mol. The van der Waals surface area contributed by atoms with Crippen molar-refractivity contribution in [3.63, 3.8) is 0 Å². The van der Waals surface area contributed by atoms with Crippen molar-refractivity contribution in [3.8, 4) is 0 Å². The number of hydrogen-bond donors (Lipinski definition) is 3. The first-order valence-corrected chi connectivity index (χ1v) is 27.6. The molecule has 2 unspecified atom stereocenters. The van der Waals surface area contributed by atoms with Crippen molar-refractivity contribution >= 4 is 11.9 Å². The molecule has 6 heteroatoms. The number of ether oxygens (including phenoxy) is 1. The molecule has 0 rings (SSSR count). The zero-order valence-electron chi connectivity index (χ0n) is 41.6. The largest absolute Gasteiger partial charge is 0.466 e. The number of allylic oxidation sites excluding steroid dienone is 3. The molecule has 2 atom stereocenters. The monoisotopic (exact) mass is 874 g/mol. The zero-order valence-corrected chi connectivity index (χ0v) is 41.6. The predicted octanol–water partition coefficient (Wildman–Crippen LogP) is 16.7. The lowest BCUT2D eigenvalue weighted by atomic mass is 10.0. The SMILES string of the molecule is CCCCCCCCCCC/C=C/C(O)C(CO)NC(=O)CCCCCCC/C=C\CCCCCCCCCCCOC(=O)CCCCCCCCCCCCCCCCCC. The van der Waals surface area contributed by atoms with E-state index < -0.39 is 12.1 Å². The van der Waals surface area contributed by atoms with Crippen LogP contribution in [0.5, 0.6) is 0 Å². The molecule has 0 aliphatic carbocycles. The van der Waals surface area contributed by atoms with E-state index in [0.29, 0.717) is 19.4 Å². The summed E-state index contributed by atoms with van der Waals surface area (Å²) in [5.41, 5.74) is 0. The number of carbonyl (C=O) groups is 2. The first-order valence-electron chi connectivity index (χ1n) is 27.6. The molecule has 0 aromatic rings. The Morgan fingerprint density at radius 2 is 0.758 bits per heavy atom. The van der Waals surface area contributed by atoms with Crippen molar-refractivity contribution in [2.45, 2.75) is 309 Å². The lowest BCUT2D eigenvalue weighted by Gasteiger charge is -2.20. The molecular weight excluding hydrogens is 767 g/mol. The van der Waals surface area contributed by atoms with Crippen molar-refractivity contribution in [2.24, 2.45) is 0 Å². The van der Waals surface area contributed by atoms with Gasteiger partial charge in [0.1, 0.15) is 0 Å². The number of amides is 1. The summed E-state index contributed by atoms with van der Waals surface area (Å²) < 4.78 is 5.48. The molecule has 6 nitrogen and oxygen atoms in total. The highest BCUT2D eigenvalue weighted by atomic mass is 16.5. The van der Waals surface area contributed by atoms with E-state index in [2.05, 4.69) is 31.3 Å². The van der Waals surface area contributed by atoms with Crippen molar-refractivity contribution in [2.75, 3.05) is 13.2 Å². The Hall–Kier alpha value is -1.66. The zero-order chi connectivity index (χ0) is 45.1. The van der Waals surface area contributed by atoms with E-state index in [0.717, 1.165) is 57.8 Å². The van der Waals surface area contributed by atoms with Gasteiger partial charge in [0.2, 0.25) is 5.91 Å². The molecule has 0 bridgehead atoms. The quantitative estimate of drug-likeness (QED) is 0.0321. The van der Waals surface area contributed by atoms with Crippen LogP contribution in [0.1, 0.15) is 296 Å². The van der Waals surface area contributed by atoms with Gasteiger partial charge in [-0.1, -0.05) is 250 Å². The van der Waals surface area contributed by atoms with Crippen molar-refractivity contribution in [1.82, 2.24) is 5.32 Å². The van der Waals surface area contributed by atoms with Gasteiger partial charge in [0, 0.05) is 12.8 Å². The number of rotatable bonds is 51. The van der Waals surface area contributed by atoms with Crippen molar-refractivity contribution in [1.29, 1.82) is 0 Å². The summed E-state index contributed by atoms with van der Waals surface area (Å²) >= 11 is 0. The number of aliphatic hydroxyl groups is 2.